The van der Waals surface area contributed by atoms with E-state index >= 15 is 0 Å². The van der Waals surface area contributed by atoms with Crippen LogP contribution in [0.15, 0.2) is 42.9 Å². The summed E-state index contributed by atoms with van der Waals surface area (Å²) in [5.41, 5.74) is 2.28. The lowest BCUT2D eigenvalue weighted by Crippen LogP contribution is -2.52. The van der Waals surface area contributed by atoms with E-state index in [2.05, 4.69) is 36.0 Å². The van der Waals surface area contributed by atoms with E-state index in [1.807, 2.05) is 12.1 Å². The van der Waals surface area contributed by atoms with Crippen LogP contribution in [0, 0.1) is 0 Å². The predicted molar refractivity (Wildman–Crippen MR) is 195 cm³/mol. The zero-order chi connectivity index (χ0) is 39.1. The monoisotopic (exact) mass is 775 g/mol. The molecule has 1 saturated carbocycles. The molecule has 1 aliphatic carbocycles. The number of carbonyl (C=O) groups is 5. The number of piperidine rings is 1. The maximum Gasteiger partial charge on any atom is 0.437 e. The SMILES string of the molecule is O=C1CCC(N2Cc3cc(N4CCN(C(=O)CCCCn5cc(NC(=O)Nc6cnc7ccnn7c6C6CCC6)c(C(F)(F)F)n5)CC4)ccc3C2=O)C(=O)N1. The summed E-state index contributed by atoms with van der Waals surface area (Å²) in [7, 11) is 0. The topological polar surface area (TPSA) is 179 Å². The number of amides is 6. The summed E-state index contributed by atoms with van der Waals surface area (Å²) in [6.45, 7) is 2.50. The van der Waals surface area contributed by atoms with E-state index in [1.165, 1.54) is 11.1 Å². The number of alkyl halides is 3. The molecule has 3 fully saturated rings. The lowest BCUT2D eigenvalue weighted by molar-refractivity contribution is -0.141. The minimum atomic E-state index is -4.81. The van der Waals surface area contributed by atoms with Gasteiger partial charge >= 0.3 is 12.2 Å². The summed E-state index contributed by atoms with van der Waals surface area (Å²) in [6, 6.07) is 5.74. The van der Waals surface area contributed by atoms with Gasteiger partial charge in [0.15, 0.2) is 11.3 Å². The van der Waals surface area contributed by atoms with Gasteiger partial charge in [0, 0.05) is 81.5 Å². The molecule has 1 atom stereocenters. The molecule has 8 rings (SSSR count). The maximum atomic E-state index is 14.0. The molecule has 3 aliphatic heterocycles. The number of hydrogen-bond acceptors (Lipinski definition) is 9. The Hall–Kier alpha value is -6.01. The van der Waals surface area contributed by atoms with Crippen LogP contribution in [0.1, 0.15) is 84.6 Å². The number of imide groups is 1. The van der Waals surface area contributed by atoms with Crippen LogP contribution in [0.25, 0.3) is 5.65 Å². The predicted octanol–water partition coefficient (Wildman–Crippen LogP) is 4.14. The number of fused-ring (bicyclic) bond motifs is 2. The molecule has 0 radical (unpaired) electrons. The first-order chi connectivity index (χ1) is 26.9. The van der Waals surface area contributed by atoms with Crippen molar-refractivity contribution in [1.29, 1.82) is 0 Å². The Balaban J connectivity index is 0.812. The van der Waals surface area contributed by atoms with Crippen LogP contribution in [0.5, 0.6) is 0 Å². The summed E-state index contributed by atoms with van der Waals surface area (Å²) >= 11 is 0. The molecule has 3 N–H and O–H groups in total. The highest BCUT2D eigenvalue weighted by Crippen LogP contribution is 2.40. The van der Waals surface area contributed by atoms with Crippen molar-refractivity contribution in [2.75, 3.05) is 41.7 Å². The number of aromatic nitrogens is 5. The van der Waals surface area contributed by atoms with Gasteiger partial charge in [-0.1, -0.05) is 6.42 Å². The van der Waals surface area contributed by atoms with E-state index in [4.69, 9.17) is 0 Å². The first-order valence-corrected chi connectivity index (χ1v) is 18.8. The largest absolute Gasteiger partial charge is 0.437 e. The van der Waals surface area contributed by atoms with E-state index < -0.39 is 35.5 Å². The average molecular weight is 776 g/mol. The molecule has 1 unspecified atom stereocenters. The number of urea groups is 1. The highest BCUT2D eigenvalue weighted by Gasteiger charge is 2.40. The molecule has 6 heterocycles. The minimum absolute atomic E-state index is 0.0522. The van der Waals surface area contributed by atoms with Crippen LogP contribution in [0.3, 0.4) is 0 Å². The minimum Gasteiger partial charge on any atom is -0.368 e. The molecule has 6 amide bonds. The van der Waals surface area contributed by atoms with Crippen molar-refractivity contribution in [3.05, 3.63) is 65.4 Å². The third kappa shape index (κ3) is 7.36. The zero-order valence-corrected chi connectivity index (χ0v) is 30.3. The van der Waals surface area contributed by atoms with Crippen LogP contribution < -0.4 is 20.9 Å². The van der Waals surface area contributed by atoms with Gasteiger partial charge in [-0.15, -0.1) is 0 Å². The lowest BCUT2D eigenvalue weighted by atomic mass is 9.82. The molecular weight excluding hydrogens is 735 g/mol. The summed E-state index contributed by atoms with van der Waals surface area (Å²) in [4.78, 5) is 72.8. The molecule has 4 aromatic rings. The number of nitrogens with zero attached hydrogens (tertiary/aromatic N) is 8. The Kier molecular flexibility index (Phi) is 9.84. The molecule has 19 heteroatoms. The van der Waals surface area contributed by atoms with Crippen LogP contribution in [0.2, 0.25) is 0 Å². The number of piperazine rings is 1. The highest BCUT2D eigenvalue weighted by molar-refractivity contribution is 6.05. The van der Waals surface area contributed by atoms with E-state index in [9.17, 15) is 37.1 Å². The number of hydrogen-bond donors (Lipinski definition) is 3. The van der Waals surface area contributed by atoms with E-state index in [0.29, 0.717) is 62.3 Å². The van der Waals surface area contributed by atoms with Gasteiger partial charge < -0.3 is 25.3 Å². The Labute approximate surface area is 318 Å². The second kappa shape index (κ2) is 14.9. The third-order valence-electron chi connectivity index (χ3n) is 11.0. The summed E-state index contributed by atoms with van der Waals surface area (Å²) in [6.07, 6.45) is 3.76. The summed E-state index contributed by atoms with van der Waals surface area (Å²) < 4.78 is 44.7. The zero-order valence-electron chi connectivity index (χ0n) is 30.3. The molecule has 56 heavy (non-hydrogen) atoms. The average Bonchev–Trinajstić information content (AvgIpc) is 3.87. The van der Waals surface area contributed by atoms with Crippen molar-refractivity contribution in [2.45, 2.75) is 82.6 Å². The normalized spacial score (nSPS) is 18.9. The smallest absolute Gasteiger partial charge is 0.368 e. The van der Waals surface area contributed by atoms with Crippen molar-refractivity contribution in [2.24, 2.45) is 0 Å². The van der Waals surface area contributed by atoms with Crippen molar-refractivity contribution < 1.29 is 37.1 Å². The molecular formula is C37H40F3N11O5. The quantitative estimate of drug-likeness (QED) is 0.158. The van der Waals surface area contributed by atoms with Gasteiger partial charge in [0.2, 0.25) is 17.7 Å². The van der Waals surface area contributed by atoms with Crippen molar-refractivity contribution in [3.63, 3.8) is 0 Å². The van der Waals surface area contributed by atoms with E-state index in [1.54, 1.807) is 27.7 Å². The molecule has 294 valence electrons. The molecule has 3 aromatic heterocycles. The fourth-order valence-corrected chi connectivity index (χ4v) is 7.85. The third-order valence-corrected chi connectivity index (χ3v) is 11.0. The van der Waals surface area contributed by atoms with Crippen LogP contribution in [-0.2, 0) is 33.6 Å². The van der Waals surface area contributed by atoms with E-state index in [-0.39, 0.29) is 49.6 Å². The number of benzene rings is 1. The van der Waals surface area contributed by atoms with Gasteiger partial charge in [-0.2, -0.15) is 23.4 Å². The second-order valence-electron chi connectivity index (χ2n) is 14.6. The maximum absolute atomic E-state index is 14.0. The number of carbonyl (C=O) groups excluding carboxylic acids is 5. The van der Waals surface area contributed by atoms with Gasteiger partial charge in [0.25, 0.3) is 5.91 Å². The fraction of sp³-hybridized carbons (Fsp3) is 0.459. The van der Waals surface area contributed by atoms with Gasteiger partial charge in [-0.3, -0.25) is 29.2 Å². The first-order valence-electron chi connectivity index (χ1n) is 18.8. The van der Waals surface area contributed by atoms with Crippen molar-refractivity contribution in [3.8, 4) is 0 Å². The van der Waals surface area contributed by atoms with Gasteiger partial charge in [-0.25, -0.2) is 14.3 Å². The number of unbranched alkanes of at least 4 members (excludes halogenated alkanes) is 1. The number of aryl methyl sites for hydroxylation is 1. The standard InChI is InChI=1S/C37H40F3N11O5/c38-37(39,40)33-27(44-36(56)43-26-19-41-29-11-12-42-51(29)32(26)22-4-3-5-22)21-49(46-33)13-2-1-6-31(53)48-16-14-47(15-17-48)24-7-8-25-23(18-24)20-50(35(25)55)28-9-10-30(52)45-34(28)54/h7-8,11-12,18-19,21-22,28H,1-6,9-10,13-17,20H2,(H2,43,44,56)(H,45,52,54). The molecule has 4 aliphatic rings. The lowest BCUT2D eigenvalue weighted by Gasteiger charge is -2.36. The number of anilines is 3. The molecule has 1 aromatic carbocycles. The van der Waals surface area contributed by atoms with Gasteiger partial charge in [0.1, 0.15) is 6.04 Å². The van der Waals surface area contributed by atoms with E-state index in [0.717, 1.165) is 47.1 Å². The van der Waals surface area contributed by atoms with Gasteiger partial charge in [0.05, 0.1) is 29.5 Å². The Bertz CT molecular complexity index is 2210. The fourth-order valence-electron chi connectivity index (χ4n) is 7.85. The molecule has 2 saturated heterocycles. The van der Waals surface area contributed by atoms with Crippen molar-refractivity contribution >= 4 is 52.4 Å². The Morgan fingerprint density at radius 1 is 0.964 bits per heavy atom. The highest BCUT2D eigenvalue weighted by atomic mass is 19.4. The number of halogens is 3. The second-order valence-corrected chi connectivity index (χ2v) is 14.6. The van der Waals surface area contributed by atoms with Gasteiger partial charge in [-0.05, 0) is 55.9 Å². The van der Waals surface area contributed by atoms with Crippen LogP contribution in [0.4, 0.5) is 35.0 Å². The molecule has 16 nitrogen and oxygen atoms in total. The Morgan fingerprint density at radius 2 is 1.75 bits per heavy atom. The number of nitrogens with one attached hydrogen (secondary N) is 3. The molecule has 0 bridgehead atoms. The van der Waals surface area contributed by atoms with Crippen LogP contribution >= 0.6 is 0 Å². The molecule has 0 spiro atoms. The summed E-state index contributed by atoms with van der Waals surface area (Å²) in [5.74, 6) is -0.937. The first kappa shape index (κ1) is 36.9. The summed E-state index contributed by atoms with van der Waals surface area (Å²) in [5, 5.41) is 15.3. The van der Waals surface area contributed by atoms with Crippen LogP contribution in [-0.4, -0.2) is 96.1 Å². The van der Waals surface area contributed by atoms with Crippen molar-refractivity contribution in [1.82, 2.24) is 39.5 Å². The number of rotatable bonds is 10. The Morgan fingerprint density at radius 3 is 2.48 bits per heavy atom.